The number of nitrogens with zero attached hydrogens (tertiary/aromatic N) is 2. The second kappa shape index (κ2) is 6.59. The van der Waals surface area contributed by atoms with Crippen LogP contribution in [-0.2, 0) is 0 Å². The molecule has 1 aromatic rings. The van der Waals surface area contributed by atoms with E-state index in [1.807, 2.05) is 30.5 Å². The van der Waals surface area contributed by atoms with E-state index >= 15 is 0 Å². The van der Waals surface area contributed by atoms with E-state index in [2.05, 4.69) is 24.0 Å². The van der Waals surface area contributed by atoms with Gasteiger partial charge < -0.3 is 4.90 Å². The minimum absolute atomic E-state index is 0.757. The molecular formula is C12H17ClN2. The lowest BCUT2D eigenvalue weighted by molar-refractivity contribution is 0.403. The summed E-state index contributed by atoms with van der Waals surface area (Å²) in [5.41, 5.74) is 1.06. The van der Waals surface area contributed by atoms with Gasteiger partial charge in [0.05, 0.1) is 0 Å². The summed E-state index contributed by atoms with van der Waals surface area (Å²) in [6.45, 7) is 1.94. The Hall–Kier alpha value is -0.860. The maximum absolute atomic E-state index is 5.86. The predicted octanol–water partition coefficient (Wildman–Crippen LogP) is 2.71. The SMILES string of the molecule is CN(C)CCCN=Cc1cccc(Cl)c1. The Bertz CT molecular complexity index is 321. The number of hydrogen-bond donors (Lipinski definition) is 0. The summed E-state index contributed by atoms with van der Waals surface area (Å²) in [6.07, 6.45) is 2.96. The first kappa shape index (κ1) is 12.2. The third-order valence-corrected chi connectivity index (χ3v) is 2.22. The fourth-order valence-corrected chi connectivity index (χ4v) is 1.43. The molecule has 0 saturated carbocycles. The molecule has 1 aromatic carbocycles. The minimum Gasteiger partial charge on any atom is -0.309 e. The predicted molar refractivity (Wildman–Crippen MR) is 67.1 cm³/mol. The van der Waals surface area contributed by atoms with Crippen molar-refractivity contribution in [2.75, 3.05) is 27.2 Å². The summed E-state index contributed by atoms with van der Waals surface area (Å²) in [4.78, 5) is 6.51. The normalized spacial score (nSPS) is 11.5. The van der Waals surface area contributed by atoms with Gasteiger partial charge in [0.1, 0.15) is 0 Å². The van der Waals surface area contributed by atoms with Crippen molar-refractivity contribution < 1.29 is 0 Å². The Morgan fingerprint density at radius 3 is 2.87 bits per heavy atom. The molecule has 3 heteroatoms. The average Bonchev–Trinajstić information content (AvgIpc) is 2.17. The van der Waals surface area contributed by atoms with Gasteiger partial charge in [-0.3, -0.25) is 4.99 Å². The first-order valence-electron chi connectivity index (χ1n) is 5.08. The summed E-state index contributed by atoms with van der Waals surface area (Å²) in [5, 5.41) is 0.757. The number of hydrogen-bond acceptors (Lipinski definition) is 2. The van der Waals surface area contributed by atoms with E-state index < -0.39 is 0 Å². The molecule has 0 N–H and O–H groups in total. The zero-order valence-corrected chi connectivity index (χ0v) is 10.0. The molecular weight excluding hydrogens is 208 g/mol. The molecule has 0 heterocycles. The quantitative estimate of drug-likeness (QED) is 0.555. The first-order chi connectivity index (χ1) is 7.18. The third-order valence-electron chi connectivity index (χ3n) is 1.98. The molecule has 0 aliphatic rings. The number of halogens is 1. The van der Waals surface area contributed by atoms with Gasteiger partial charge in [-0.05, 0) is 44.8 Å². The summed E-state index contributed by atoms with van der Waals surface area (Å²) in [5.74, 6) is 0. The topological polar surface area (TPSA) is 15.6 Å². The highest BCUT2D eigenvalue weighted by Crippen LogP contribution is 2.08. The highest BCUT2D eigenvalue weighted by molar-refractivity contribution is 6.30. The van der Waals surface area contributed by atoms with Crippen LogP contribution in [0, 0.1) is 0 Å². The second-order valence-electron chi connectivity index (χ2n) is 3.75. The zero-order valence-electron chi connectivity index (χ0n) is 9.28. The summed E-state index contributed by atoms with van der Waals surface area (Å²) in [6, 6.07) is 7.72. The summed E-state index contributed by atoms with van der Waals surface area (Å²) >= 11 is 5.86. The minimum atomic E-state index is 0.757. The van der Waals surface area contributed by atoms with Crippen LogP contribution in [-0.4, -0.2) is 38.3 Å². The monoisotopic (exact) mass is 224 g/mol. The largest absolute Gasteiger partial charge is 0.309 e. The summed E-state index contributed by atoms with van der Waals surface area (Å²) < 4.78 is 0. The fraction of sp³-hybridized carbons (Fsp3) is 0.417. The molecule has 0 aliphatic heterocycles. The van der Waals surface area contributed by atoms with Gasteiger partial charge in [0.15, 0.2) is 0 Å². The van der Waals surface area contributed by atoms with Gasteiger partial charge in [0.2, 0.25) is 0 Å². The standard InChI is InChI=1S/C12H17ClN2/c1-15(2)8-4-7-14-10-11-5-3-6-12(13)9-11/h3,5-6,9-10H,4,7-8H2,1-2H3. The van der Waals surface area contributed by atoms with E-state index in [1.54, 1.807) is 0 Å². The van der Waals surface area contributed by atoms with Crippen LogP contribution in [0.1, 0.15) is 12.0 Å². The molecule has 2 nitrogen and oxygen atoms in total. The smallest absolute Gasteiger partial charge is 0.0412 e. The van der Waals surface area contributed by atoms with Crippen LogP contribution < -0.4 is 0 Å². The van der Waals surface area contributed by atoms with E-state index in [9.17, 15) is 0 Å². The van der Waals surface area contributed by atoms with Crippen LogP contribution in [0.15, 0.2) is 29.3 Å². The fourth-order valence-electron chi connectivity index (χ4n) is 1.24. The Labute approximate surface area is 96.6 Å². The molecule has 0 unspecified atom stereocenters. The van der Waals surface area contributed by atoms with Crippen molar-refractivity contribution in [2.24, 2.45) is 4.99 Å². The molecule has 0 amide bonds. The van der Waals surface area contributed by atoms with Crippen LogP contribution in [0.3, 0.4) is 0 Å². The number of benzene rings is 1. The highest BCUT2D eigenvalue weighted by atomic mass is 35.5. The maximum atomic E-state index is 5.86. The van der Waals surface area contributed by atoms with Gasteiger partial charge in [-0.25, -0.2) is 0 Å². The van der Waals surface area contributed by atoms with Gasteiger partial charge >= 0.3 is 0 Å². The number of rotatable bonds is 5. The molecule has 0 spiro atoms. The van der Waals surface area contributed by atoms with Gasteiger partial charge in [-0.15, -0.1) is 0 Å². The van der Waals surface area contributed by atoms with Gasteiger partial charge in [0, 0.05) is 17.8 Å². The van der Waals surface area contributed by atoms with E-state index in [4.69, 9.17) is 11.6 Å². The third kappa shape index (κ3) is 5.55. The Kier molecular flexibility index (Phi) is 5.37. The van der Waals surface area contributed by atoms with Crippen LogP contribution in [0.25, 0.3) is 0 Å². The van der Waals surface area contributed by atoms with E-state index in [1.165, 1.54) is 0 Å². The number of aliphatic imine (C=N–C) groups is 1. The van der Waals surface area contributed by atoms with Crippen molar-refractivity contribution >= 4 is 17.8 Å². The van der Waals surface area contributed by atoms with E-state index in [-0.39, 0.29) is 0 Å². The van der Waals surface area contributed by atoms with Gasteiger partial charge in [0.25, 0.3) is 0 Å². The molecule has 0 fully saturated rings. The molecule has 0 radical (unpaired) electrons. The molecule has 82 valence electrons. The average molecular weight is 225 g/mol. The highest BCUT2D eigenvalue weighted by Gasteiger charge is 1.90. The van der Waals surface area contributed by atoms with Crippen molar-refractivity contribution in [3.8, 4) is 0 Å². The van der Waals surface area contributed by atoms with E-state index in [0.29, 0.717) is 0 Å². The lowest BCUT2D eigenvalue weighted by Crippen LogP contribution is -2.13. The first-order valence-corrected chi connectivity index (χ1v) is 5.46. The van der Waals surface area contributed by atoms with Crippen LogP contribution >= 0.6 is 11.6 Å². The molecule has 0 saturated heterocycles. The zero-order chi connectivity index (χ0) is 11.1. The molecule has 0 aliphatic carbocycles. The van der Waals surface area contributed by atoms with Crippen molar-refractivity contribution in [3.05, 3.63) is 34.9 Å². The van der Waals surface area contributed by atoms with Crippen molar-refractivity contribution in [3.63, 3.8) is 0 Å². The summed E-state index contributed by atoms with van der Waals surface area (Å²) in [7, 11) is 4.14. The lowest BCUT2D eigenvalue weighted by atomic mass is 10.2. The van der Waals surface area contributed by atoms with Crippen LogP contribution in [0.2, 0.25) is 5.02 Å². The molecule has 0 atom stereocenters. The van der Waals surface area contributed by atoms with Crippen molar-refractivity contribution in [1.82, 2.24) is 4.90 Å². The lowest BCUT2D eigenvalue weighted by Gasteiger charge is -2.06. The Balaban J connectivity index is 2.32. The van der Waals surface area contributed by atoms with Crippen molar-refractivity contribution in [1.29, 1.82) is 0 Å². The maximum Gasteiger partial charge on any atom is 0.0412 e. The van der Waals surface area contributed by atoms with Crippen LogP contribution in [0.4, 0.5) is 0 Å². The van der Waals surface area contributed by atoms with Crippen LogP contribution in [0.5, 0.6) is 0 Å². The molecule has 0 bridgehead atoms. The van der Waals surface area contributed by atoms with Gasteiger partial charge in [-0.1, -0.05) is 23.7 Å². The van der Waals surface area contributed by atoms with Crippen molar-refractivity contribution in [2.45, 2.75) is 6.42 Å². The molecule has 1 rings (SSSR count). The molecule has 0 aromatic heterocycles. The van der Waals surface area contributed by atoms with E-state index in [0.717, 1.165) is 30.1 Å². The Morgan fingerprint density at radius 1 is 1.40 bits per heavy atom. The molecule has 15 heavy (non-hydrogen) atoms. The Morgan fingerprint density at radius 2 is 2.20 bits per heavy atom. The second-order valence-corrected chi connectivity index (χ2v) is 4.18. The van der Waals surface area contributed by atoms with Gasteiger partial charge in [-0.2, -0.15) is 0 Å².